The highest BCUT2D eigenvalue weighted by atomic mass is 32.1. The minimum Gasteiger partial charge on any atom is -0.457 e. The van der Waals surface area contributed by atoms with Gasteiger partial charge in [-0.05, 0) is 6.92 Å². The third-order valence-corrected chi connectivity index (χ3v) is 4.99. The number of esters is 1. The maximum absolute atomic E-state index is 12.1. The molecule has 0 saturated heterocycles. The summed E-state index contributed by atoms with van der Waals surface area (Å²) in [6.07, 6.45) is -0.151. The zero-order valence-corrected chi connectivity index (χ0v) is 16.7. The molecule has 0 saturated carbocycles. The van der Waals surface area contributed by atoms with Crippen molar-refractivity contribution in [1.82, 2.24) is 4.98 Å². The molecule has 1 heterocycles. The van der Waals surface area contributed by atoms with Crippen LogP contribution >= 0.6 is 11.3 Å². The minimum absolute atomic E-state index is 0.0440. The monoisotopic (exact) mass is 408 g/mol. The number of aromatic nitrogens is 1. The van der Waals surface area contributed by atoms with E-state index in [1.165, 1.54) is 11.3 Å². The van der Waals surface area contributed by atoms with E-state index in [1.807, 2.05) is 37.3 Å². The summed E-state index contributed by atoms with van der Waals surface area (Å²) in [4.78, 5) is 41.3. The SMILES string of the molecule is Cc1sc(NC(=O)CCC(=O)OCC(=O)c2ccccc2)nc1-c1ccccc1. The van der Waals surface area contributed by atoms with Crippen LogP contribution in [-0.4, -0.2) is 29.3 Å². The van der Waals surface area contributed by atoms with Gasteiger partial charge in [0.25, 0.3) is 0 Å². The van der Waals surface area contributed by atoms with Gasteiger partial charge in [0, 0.05) is 22.4 Å². The fourth-order valence-electron chi connectivity index (χ4n) is 2.64. The van der Waals surface area contributed by atoms with Crippen molar-refractivity contribution in [3.05, 3.63) is 71.1 Å². The lowest BCUT2D eigenvalue weighted by Crippen LogP contribution is -2.17. The molecule has 0 atom stereocenters. The van der Waals surface area contributed by atoms with Crippen molar-refractivity contribution in [1.29, 1.82) is 0 Å². The van der Waals surface area contributed by atoms with Gasteiger partial charge in [-0.2, -0.15) is 0 Å². The first kappa shape index (κ1) is 20.4. The number of Topliss-reactive ketones (excluding diaryl/α,β-unsaturated/α-hetero) is 1. The van der Waals surface area contributed by atoms with Gasteiger partial charge in [0.15, 0.2) is 17.5 Å². The molecule has 1 aromatic heterocycles. The average molecular weight is 408 g/mol. The Bertz CT molecular complexity index is 1000. The van der Waals surface area contributed by atoms with Gasteiger partial charge in [-0.25, -0.2) is 4.98 Å². The topological polar surface area (TPSA) is 85.4 Å². The van der Waals surface area contributed by atoms with Crippen LogP contribution in [0.4, 0.5) is 5.13 Å². The molecule has 1 amide bonds. The Hall–Kier alpha value is -3.32. The molecule has 6 nitrogen and oxygen atoms in total. The van der Waals surface area contributed by atoms with Gasteiger partial charge >= 0.3 is 5.97 Å². The zero-order chi connectivity index (χ0) is 20.6. The molecule has 2 aromatic carbocycles. The first-order valence-electron chi connectivity index (χ1n) is 9.09. The number of benzene rings is 2. The summed E-state index contributed by atoms with van der Waals surface area (Å²) < 4.78 is 4.96. The number of carbonyl (C=O) groups is 3. The number of rotatable bonds is 8. The molecule has 0 aliphatic carbocycles. The maximum atomic E-state index is 12.1. The molecule has 3 rings (SSSR count). The number of aryl methyl sites for hydroxylation is 1. The van der Waals surface area contributed by atoms with E-state index in [0.717, 1.165) is 16.1 Å². The summed E-state index contributed by atoms with van der Waals surface area (Å²) >= 11 is 1.38. The number of thiazole rings is 1. The highest BCUT2D eigenvalue weighted by Gasteiger charge is 2.14. The fraction of sp³-hybridized carbons (Fsp3) is 0.182. The van der Waals surface area contributed by atoms with Crippen molar-refractivity contribution >= 4 is 34.1 Å². The molecule has 0 radical (unpaired) electrons. The van der Waals surface area contributed by atoms with Crippen LogP contribution in [0, 0.1) is 6.92 Å². The molecule has 0 spiro atoms. The van der Waals surface area contributed by atoms with E-state index in [4.69, 9.17) is 4.74 Å². The van der Waals surface area contributed by atoms with Crippen molar-refractivity contribution in [2.75, 3.05) is 11.9 Å². The number of nitrogens with one attached hydrogen (secondary N) is 1. The van der Waals surface area contributed by atoms with Crippen LogP contribution in [0.2, 0.25) is 0 Å². The second kappa shape index (κ2) is 9.75. The average Bonchev–Trinajstić information content (AvgIpc) is 3.11. The predicted octanol–water partition coefficient (Wildman–Crippen LogP) is 4.26. The van der Waals surface area contributed by atoms with Crippen LogP contribution in [0.15, 0.2) is 60.7 Å². The highest BCUT2D eigenvalue weighted by Crippen LogP contribution is 2.30. The summed E-state index contributed by atoms with van der Waals surface area (Å²) in [7, 11) is 0. The van der Waals surface area contributed by atoms with Gasteiger partial charge in [0.2, 0.25) is 5.91 Å². The van der Waals surface area contributed by atoms with Gasteiger partial charge in [-0.15, -0.1) is 11.3 Å². The third kappa shape index (κ3) is 5.83. The lowest BCUT2D eigenvalue weighted by Gasteiger charge is -2.04. The second-order valence-corrected chi connectivity index (χ2v) is 7.49. The van der Waals surface area contributed by atoms with Crippen molar-refractivity contribution < 1.29 is 19.1 Å². The van der Waals surface area contributed by atoms with Crippen LogP contribution in [0.5, 0.6) is 0 Å². The standard InChI is InChI=1S/C22H20N2O4S/c1-15-21(17-10-6-3-7-11-17)24-22(29-15)23-19(26)12-13-20(27)28-14-18(25)16-8-4-2-5-9-16/h2-11H,12-14H2,1H3,(H,23,24,26). The molecule has 29 heavy (non-hydrogen) atoms. The van der Waals surface area contributed by atoms with E-state index in [-0.39, 0.29) is 31.1 Å². The van der Waals surface area contributed by atoms with Crippen molar-refractivity contribution in [2.45, 2.75) is 19.8 Å². The summed E-state index contributed by atoms with van der Waals surface area (Å²) in [5.74, 6) is -1.20. The van der Waals surface area contributed by atoms with Crippen LogP contribution in [0.1, 0.15) is 28.1 Å². The van der Waals surface area contributed by atoms with Crippen LogP contribution in [0.3, 0.4) is 0 Å². The Labute approximate surface area is 172 Å². The molecule has 0 unspecified atom stereocenters. The zero-order valence-electron chi connectivity index (χ0n) is 15.9. The first-order valence-corrected chi connectivity index (χ1v) is 9.91. The fourth-order valence-corrected chi connectivity index (χ4v) is 3.49. The van der Waals surface area contributed by atoms with Crippen molar-refractivity contribution in [3.8, 4) is 11.3 Å². The van der Waals surface area contributed by atoms with Crippen LogP contribution in [-0.2, 0) is 14.3 Å². The van der Waals surface area contributed by atoms with Crippen LogP contribution < -0.4 is 5.32 Å². The lowest BCUT2D eigenvalue weighted by atomic mass is 10.1. The Kier molecular flexibility index (Phi) is 6.86. The lowest BCUT2D eigenvalue weighted by molar-refractivity contribution is -0.143. The summed E-state index contributed by atoms with van der Waals surface area (Å²) in [5, 5.41) is 3.20. The Morgan fingerprint density at radius 3 is 2.31 bits per heavy atom. The molecule has 148 valence electrons. The Morgan fingerprint density at radius 1 is 0.966 bits per heavy atom. The smallest absolute Gasteiger partial charge is 0.306 e. The number of carbonyl (C=O) groups excluding carboxylic acids is 3. The molecule has 0 aliphatic heterocycles. The number of ether oxygens (including phenoxy) is 1. The van der Waals surface area contributed by atoms with Crippen molar-refractivity contribution in [3.63, 3.8) is 0 Å². The van der Waals surface area contributed by atoms with Gasteiger partial charge < -0.3 is 10.1 Å². The van der Waals surface area contributed by atoms with Gasteiger partial charge in [-0.1, -0.05) is 60.7 Å². The summed E-state index contributed by atoms with van der Waals surface area (Å²) in [6, 6.07) is 18.3. The molecule has 7 heteroatoms. The maximum Gasteiger partial charge on any atom is 0.306 e. The molecule has 0 fully saturated rings. The van der Waals surface area contributed by atoms with Gasteiger partial charge in [0.1, 0.15) is 0 Å². The van der Waals surface area contributed by atoms with Crippen molar-refractivity contribution in [2.24, 2.45) is 0 Å². The van der Waals surface area contributed by atoms with Gasteiger partial charge in [-0.3, -0.25) is 14.4 Å². The molecule has 3 aromatic rings. The number of amides is 1. The van der Waals surface area contributed by atoms with E-state index in [9.17, 15) is 14.4 Å². The Balaban J connectivity index is 1.45. The largest absolute Gasteiger partial charge is 0.457 e. The van der Waals surface area contributed by atoms with Crippen LogP contribution in [0.25, 0.3) is 11.3 Å². The van der Waals surface area contributed by atoms with Gasteiger partial charge in [0.05, 0.1) is 12.1 Å². The number of hydrogen-bond donors (Lipinski definition) is 1. The van der Waals surface area contributed by atoms with E-state index >= 15 is 0 Å². The van der Waals surface area contributed by atoms with E-state index in [0.29, 0.717) is 10.7 Å². The molecule has 1 N–H and O–H groups in total. The van der Waals surface area contributed by atoms with E-state index in [2.05, 4.69) is 10.3 Å². The molecular formula is C22H20N2O4S. The van der Waals surface area contributed by atoms with E-state index < -0.39 is 5.97 Å². The normalized spacial score (nSPS) is 10.4. The number of anilines is 1. The third-order valence-electron chi connectivity index (χ3n) is 4.11. The highest BCUT2D eigenvalue weighted by molar-refractivity contribution is 7.16. The van der Waals surface area contributed by atoms with E-state index in [1.54, 1.807) is 30.3 Å². The second-order valence-electron chi connectivity index (χ2n) is 6.29. The molecular weight excluding hydrogens is 388 g/mol. The minimum atomic E-state index is -0.593. The Morgan fingerprint density at radius 2 is 1.62 bits per heavy atom. The predicted molar refractivity (Wildman–Crippen MR) is 112 cm³/mol. The quantitative estimate of drug-likeness (QED) is 0.445. The first-order chi connectivity index (χ1) is 14.0. The summed E-state index contributed by atoms with van der Waals surface area (Å²) in [6.45, 7) is 1.60. The number of hydrogen-bond acceptors (Lipinski definition) is 6. The molecule has 0 aliphatic rings. The number of nitrogens with zero attached hydrogens (tertiary/aromatic N) is 1. The molecule has 0 bridgehead atoms. The summed E-state index contributed by atoms with van der Waals surface area (Å²) in [5.41, 5.74) is 2.28. The number of ketones is 1.